The minimum atomic E-state index is 0.906. The molecule has 0 aliphatic carbocycles. The third-order valence-electron chi connectivity index (χ3n) is 2.03. The van der Waals surface area contributed by atoms with E-state index in [9.17, 15) is 0 Å². The average Bonchev–Trinajstić information content (AvgIpc) is 2.60. The van der Waals surface area contributed by atoms with E-state index in [0.717, 1.165) is 12.4 Å². The topological polar surface area (TPSA) is 44.8 Å². The summed E-state index contributed by atoms with van der Waals surface area (Å²) in [6, 6.07) is 0. The molecule has 0 unspecified atom stereocenters. The van der Waals surface area contributed by atoms with Gasteiger partial charge in [0.1, 0.15) is 6.33 Å². The molecule has 0 spiro atoms. The van der Waals surface area contributed by atoms with E-state index in [4.69, 9.17) is 0 Å². The third-order valence-corrected chi connectivity index (χ3v) is 2.03. The monoisotopic (exact) mass is 152 g/mol. The van der Waals surface area contributed by atoms with Gasteiger partial charge in [0.2, 0.25) is 0 Å². The highest BCUT2D eigenvalue weighted by Crippen LogP contribution is 2.09. The Morgan fingerprint density at radius 2 is 2.27 bits per heavy atom. The van der Waals surface area contributed by atoms with Gasteiger partial charge in [0, 0.05) is 0 Å². The van der Waals surface area contributed by atoms with Crippen LogP contribution < -0.4 is 0 Å². The van der Waals surface area contributed by atoms with Crippen molar-refractivity contribution in [1.29, 1.82) is 0 Å². The quantitative estimate of drug-likeness (QED) is 0.667. The van der Waals surface area contributed by atoms with Crippen molar-refractivity contribution in [3.63, 3.8) is 0 Å². The third kappa shape index (κ3) is 1.57. The van der Waals surface area contributed by atoms with Gasteiger partial charge in [0.05, 0.1) is 6.54 Å². The van der Waals surface area contributed by atoms with Crippen molar-refractivity contribution in [2.45, 2.75) is 19.4 Å². The van der Waals surface area contributed by atoms with Crippen LogP contribution in [0.2, 0.25) is 0 Å². The van der Waals surface area contributed by atoms with Gasteiger partial charge in [-0.1, -0.05) is 0 Å². The Kier molecular flexibility index (Phi) is 1.85. The highest BCUT2D eigenvalue weighted by atomic mass is 15.2. The van der Waals surface area contributed by atoms with Gasteiger partial charge in [-0.15, -0.1) is 0 Å². The van der Waals surface area contributed by atoms with Crippen LogP contribution in [-0.4, -0.2) is 33.2 Å². The molecule has 0 aromatic carbocycles. The molecule has 4 heteroatoms. The molecule has 0 radical (unpaired) electrons. The molecular formula is C7H12N4. The van der Waals surface area contributed by atoms with Crippen LogP contribution in [0.4, 0.5) is 0 Å². The summed E-state index contributed by atoms with van der Waals surface area (Å²) in [7, 11) is 0. The second-order valence-corrected chi connectivity index (χ2v) is 2.90. The van der Waals surface area contributed by atoms with E-state index in [2.05, 4.69) is 20.1 Å². The number of aromatic amines is 1. The van der Waals surface area contributed by atoms with E-state index in [1.54, 1.807) is 6.33 Å². The summed E-state index contributed by atoms with van der Waals surface area (Å²) in [5.41, 5.74) is 0. The van der Waals surface area contributed by atoms with Crippen LogP contribution in [0.5, 0.6) is 0 Å². The fourth-order valence-corrected chi connectivity index (χ4v) is 1.45. The second-order valence-electron chi connectivity index (χ2n) is 2.90. The summed E-state index contributed by atoms with van der Waals surface area (Å²) in [6.45, 7) is 3.31. The fourth-order valence-electron chi connectivity index (χ4n) is 1.45. The van der Waals surface area contributed by atoms with Gasteiger partial charge in [-0.05, 0) is 25.9 Å². The van der Waals surface area contributed by atoms with E-state index in [1.165, 1.54) is 25.9 Å². The molecule has 1 saturated heterocycles. The predicted molar refractivity (Wildman–Crippen MR) is 40.9 cm³/mol. The van der Waals surface area contributed by atoms with E-state index in [-0.39, 0.29) is 0 Å². The van der Waals surface area contributed by atoms with Crippen LogP contribution in [-0.2, 0) is 6.54 Å². The first-order valence-corrected chi connectivity index (χ1v) is 4.02. The highest BCUT2D eigenvalue weighted by molar-refractivity contribution is 4.81. The molecule has 1 N–H and O–H groups in total. The van der Waals surface area contributed by atoms with Crippen LogP contribution in [0.15, 0.2) is 6.33 Å². The molecule has 0 saturated carbocycles. The molecule has 0 bridgehead atoms. The molecule has 1 fully saturated rings. The number of aromatic nitrogens is 3. The zero-order valence-corrected chi connectivity index (χ0v) is 6.45. The molecule has 0 amide bonds. The number of H-pyrrole nitrogens is 1. The van der Waals surface area contributed by atoms with E-state index < -0.39 is 0 Å². The summed E-state index contributed by atoms with van der Waals surface area (Å²) < 4.78 is 0. The Bertz CT molecular complexity index is 200. The van der Waals surface area contributed by atoms with Crippen molar-refractivity contribution in [3.05, 3.63) is 12.2 Å². The van der Waals surface area contributed by atoms with Gasteiger partial charge in [-0.25, -0.2) is 4.98 Å². The maximum atomic E-state index is 4.07. The summed E-state index contributed by atoms with van der Waals surface area (Å²) in [4.78, 5) is 6.45. The first-order chi connectivity index (χ1) is 5.45. The number of hydrogen-bond acceptors (Lipinski definition) is 3. The fraction of sp³-hybridized carbons (Fsp3) is 0.714. The molecule has 1 aromatic rings. The van der Waals surface area contributed by atoms with Gasteiger partial charge in [0.15, 0.2) is 5.82 Å². The Labute approximate surface area is 65.6 Å². The maximum absolute atomic E-state index is 4.07. The molecule has 11 heavy (non-hydrogen) atoms. The van der Waals surface area contributed by atoms with Crippen molar-refractivity contribution >= 4 is 0 Å². The zero-order valence-electron chi connectivity index (χ0n) is 6.45. The lowest BCUT2D eigenvalue weighted by Gasteiger charge is -2.10. The van der Waals surface area contributed by atoms with Crippen molar-refractivity contribution in [2.75, 3.05) is 13.1 Å². The van der Waals surface area contributed by atoms with Crippen molar-refractivity contribution < 1.29 is 0 Å². The van der Waals surface area contributed by atoms with Crippen LogP contribution in [0.25, 0.3) is 0 Å². The van der Waals surface area contributed by atoms with Crippen molar-refractivity contribution in [3.8, 4) is 0 Å². The first-order valence-electron chi connectivity index (χ1n) is 4.02. The van der Waals surface area contributed by atoms with Crippen molar-refractivity contribution in [2.24, 2.45) is 0 Å². The minimum Gasteiger partial charge on any atom is -0.296 e. The lowest BCUT2D eigenvalue weighted by Crippen LogP contribution is -2.19. The number of likely N-dealkylation sites (tertiary alicyclic amines) is 1. The molecule has 2 rings (SSSR count). The second kappa shape index (κ2) is 3.00. The first kappa shape index (κ1) is 6.79. The predicted octanol–water partition coefficient (Wildman–Crippen LogP) is 0.400. The Balaban J connectivity index is 1.90. The summed E-state index contributed by atoms with van der Waals surface area (Å²) in [6.07, 6.45) is 4.28. The SMILES string of the molecule is c1nc(CN2CCCC2)n[nH]1. The van der Waals surface area contributed by atoms with E-state index in [1.807, 2.05) is 0 Å². The molecule has 4 nitrogen and oxygen atoms in total. The number of hydrogen-bond donors (Lipinski definition) is 1. The molecule has 2 heterocycles. The molecule has 1 aliphatic rings. The van der Waals surface area contributed by atoms with Crippen LogP contribution in [0.3, 0.4) is 0 Å². The Morgan fingerprint density at radius 1 is 1.45 bits per heavy atom. The van der Waals surface area contributed by atoms with Gasteiger partial charge in [-0.2, -0.15) is 5.10 Å². The molecule has 60 valence electrons. The van der Waals surface area contributed by atoms with Crippen molar-refractivity contribution in [1.82, 2.24) is 20.1 Å². The van der Waals surface area contributed by atoms with Gasteiger partial charge in [0.25, 0.3) is 0 Å². The lowest BCUT2D eigenvalue weighted by atomic mass is 10.4. The number of nitrogens with zero attached hydrogens (tertiary/aromatic N) is 3. The van der Waals surface area contributed by atoms with Crippen LogP contribution in [0, 0.1) is 0 Å². The van der Waals surface area contributed by atoms with Crippen LogP contribution in [0.1, 0.15) is 18.7 Å². The summed E-state index contributed by atoms with van der Waals surface area (Å²) in [5.74, 6) is 0.909. The highest BCUT2D eigenvalue weighted by Gasteiger charge is 2.12. The molecule has 1 aliphatic heterocycles. The Hall–Kier alpha value is -0.900. The number of nitrogens with one attached hydrogen (secondary N) is 1. The maximum Gasteiger partial charge on any atom is 0.164 e. The summed E-state index contributed by atoms with van der Waals surface area (Å²) in [5, 5.41) is 6.72. The minimum absolute atomic E-state index is 0.906. The van der Waals surface area contributed by atoms with E-state index >= 15 is 0 Å². The lowest BCUT2D eigenvalue weighted by molar-refractivity contribution is 0.323. The largest absolute Gasteiger partial charge is 0.296 e. The smallest absolute Gasteiger partial charge is 0.164 e. The normalized spacial score (nSPS) is 19.3. The van der Waals surface area contributed by atoms with Crippen LogP contribution >= 0.6 is 0 Å². The standard InChI is InChI=1S/C7H12N4/c1-2-4-11(3-1)5-7-8-6-9-10-7/h6H,1-5H2,(H,8,9,10). The number of rotatable bonds is 2. The van der Waals surface area contributed by atoms with Gasteiger partial charge < -0.3 is 0 Å². The zero-order chi connectivity index (χ0) is 7.52. The molecule has 0 atom stereocenters. The van der Waals surface area contributed by atoms with E-state index in [0.29, 0.717) is 0 Å². The molecular weight excluding hydrogens is 140 g/mol. The summed E-state index contributed by atoms with van der Waals surface area (Å²) >= 11 is 0. The Morgan fingerprint density at radius 3 is 2.91 bits per heavy atom. The van der Waals surface area contributed by atoms with Gasteiger partial charge in [-0.3, -0.25) is 10.00 Å². The molecule has 1 aromatic heterocycles. The van der Waals surface area contributed by atoms with Gasteiger partial charge >= 0.3 is 0 Å². The average molecular weight is 152 g/mol.